The smallest absolute Gasteiger partial charge is 0.169 e. The predicted molar refractivity (Wildman–Crippen MR) is 87.2 cm³/mol. The fourth-order valence-corrected chi connectivity index (χ4v) is 2.71. The zero-order chi connectivity index (χ0) is 15.5. The normalized spacial score (nSPS) is 11.7. The van der Waals surface area contributed by atoms with Crippen LogP contribution >= 0.6 is 11.3 Å². The second-order valence-corrected chi connectivity index (χ2v) is 6.91. The van der Waals surface area contributed by atoms with Crippen LogP contribution < -0.4 is 10.6 Å². The van der Waals surface area contributed by atoms with Crippen LogP contribution in [0.3, 0.4) is 0 Å². The molecule has 0 atom stereocenters. The molecule has 0 aliphatic carbocycles. The molecule has 0 aliphatic rings. The van der Waals surface area contributed by atoms with E-state index in [-0.39, 0.29) is 11.4 Å². The van der Waals surface area contributed by atoms with Crippen molar-refractivity contribution < 1.29 is 4.39 Å². The van der Waals surface area contributed by atoms with Gasteiger partial charge in [-0.2, -0.15) is 11.3 Å². The van der Waals surface area contributed by atoms with Crippen molar-refractivity contribution in [1.82, 2.24) is 10.3 Å². The van der Waals surface area contributed by atoms with Gasteiger partial charge in [0.2, 0.25) is 0 Å². The molecule has 2 aromatic heterocycles. The maximum atomic E-state index is 14.4. The van der Waals surface area contributed by atoms with Crippen molar-refractivity contribution in [2.45, 2.75) is 46.3 Å². The second kappa shape index (κ2) is 6.54. The summed E-state index contributed by atoms with van der Waals surface area (Å²) < 4.78 is 14.4. The molecule has 2 rings (SSSR count). The highest BCUT2D eigenvalue weighted by Gasteiger charge is 2.13. The Morgan fingerprint density at radius 2 is 1.95 bits per heavy atom. The van der Waals surface area contributed by atoms with Crippen molar-refractivity contribution in [3.8, 4) is 0 Å². The van der Waals surface area contributed by atoms with Gasteiger partial charge in [-0.05, 0) is 55.6 Å². The van der Waals surface area contributed by atoms with E-state index >= 15 is 0 Å². The summed E-state index contributed by atoms with van der Waals surface area (Å²) in [5.74, 6) is 0.0379. The molecule has 3 nitrogen and oxygen atoms in total. The first-order valence-electron chi connectivity index (χ1n) is 7.01. The Labute approximate surface area is 129 Å². The van der Waals surface area contributed by atoms with E-state index < -0.39 is 0 Å². The number of pyridine rings is 1. The Balaban J connectivity index is 2.05. The molecular weight excluding hydrogens is 285 g/mol. The summed E-state index contributed by atoms with van der Waals surface area (Å²) in [6.45, 7) is 9.32. The van der Waals surface area contributed by atoms with Gasteiger partial charge < -0.3 is 10.6 Å². The topological polar surface area (TPSA) is 37.0 Å². The molecule has 0 radical (unpaired) electrons. The lowest BCUT2D eigenvalue weighted by atomic mass is 10.1. The summed E-state index contributed by atoms with van der Waals surface area (Å²) in [5, 5.41) is 10.5. The minimum Gasteiger partial charge on any atom is -0.364 e. The van der Waals surface area contributed by atoms with Gasteiger partial charge in [-0.1, -0.05) is 0 Å². The van der Waals surface area contributed by atoms with Gasteiger partial charge in [-0.3, -0.25) is 0 Å². The van der Waals surface area contributed by atoms with Crippen LogP contribution in [0.5, 0.6) is 0 Å². The molecule has 0 fully saturated rings. The number of aryl methyl sites for hydroxylation is 1. The summed E-state index contributed by atoms with van der Waals surface area (Å²) >= 11 is 1.66. The molecule has 0 spiro atoms. The van der Waals surface area contributed by atoms with E-state index in [0.29, 0.717) is 24.5 Å². The van der Waals surface area contributed by atoms with Crippen molar-refractivity contribution in [2.75, 3.05) is 5.32 Å². The number of halogens is 1. The fourth-order valence-electron chi connectivity index (χ4n) is 1.85. The minimum absolute atomic E-state index is 0.0446. The van der Waals surface area contributed by atoms with Crippen LogP contribution in [0.25, 0.3) is 0 Å². The minimum atomic E-state index is -0.276. The highest BCUT2D eigenvalue weighted by Crippen LogP contribution is 2.19. The average molecular weight is 307 g/mol. The zero-order valence-corrected chi connectivity index (χ0v) is 13.8. The second-order valence-electron chi connectivity index (χ2n) is 6.17. The van der Waals surface area contributed by atoms with Gasteiger partial charge in [0.1, 0.15) is 0 Å². The molecular formula is C16H22FN3S. The fraction of sp³-hybridized carbons (Fsp3) is 0.438. The summed E-state index contributed by atoms with van der Waals surface area (Å²) in [4.78, 5) is 4.10. The predicted octanol–water partition coefficient (Wildman–Crippen LogP) is 4.09. The largest absolute Gasteiger partial charge is 0.364 e. The molecule has 5 heteroatoms. The lowest BCUT2D eigenvalue weighted by molar-refractivity contribution is 0.418. The third-order valence-corrected chi connectivity index (χ3v) is 4.10. The maximum Gasteiger partial charge on any atom is 0.169 e. The third kappa shape index (κ3) is 4.51. The van der Waals surface area contributed by atoms with Gasteiger partial charge in [0.05, 0.1) is 0 Å². The van der Waals surface area contributed by atoms with E-state index in [2.05, 4.69) is 54.1 Å². The molecule has 2 heterocycles. The molecule has 0 aromatic carbocycles. The van der Waals surface area contributed by atoms with Crippen LogP contribution in [0.1, 0.15) is 37.5 Å². The van der Waals surface area contributed by atoms with Crippen molar-refractivity contribution >= 4 is 17.2 Å². The van der Waals surface area contributed by atoms with Crippen LogP contribution in [-0.2, 0) is 13.1 Å². The van der Waals surface area contributed by atoms with E-state index in [1.807, 2.05) is 0 Å². The van der Waals surface area contributed by atoms with Crippen LogP contribution in [0.15, 0.2) is 23.0 Å². The maximum absolute atomic E-state index is 14.4. The van der Waals surface area contributed by atoms with Crippen LogP contribution in [0, 0.1) is 12.7 Å². The van der Waals surface area contributed by atoms with E-state index in [1.54, 1.807) is 23.6 Å². The first-order valence-corrected chi connectivity index (χ1v) is 7.95. The Morgan fingerprint density at radius 1 is 1.19 bits per heavy atom. The van der Waals surface area contributed by atoms with Gasteiger partial charge >= 0.3 is 0 Å². The molecule has 0 saturated carbocycles. The lowest BCUT2D eigenvalue weighted by Crippen LogP contribution is -2.35. The van der Waals surface area contributed by atoms with Crippen molar-refractivity contribution in [3.63, 3.8) is 0 Å². The Kier molecular flexibility index (Phi) is 4.96. The lowest BCUT2D eigenvalue weighted by Gasteiger charge is -2.21. The number of hydrogen-bond donors (Lipinski definition) is 2. The van der Waals surface area contributed by atoms with Crippen molar-refractivity contribution in [1.29, 1.82) is 0 Å². The van der Waals surface area contributed by atoms with Gasteiger partial charge in [-0.15, -0.1) is 0 Å². The number of hydrogen-bond acceptors (Lipinski definition) is 4. The van der Waals surface area contributed by atoms with Gasteiger partial charge in [0.25, 0.3) is 0 Å². The molecule has 0 unspecified atom stereocenters. The van der Waals surface area contributed by atoms with Crippen molar-refractivity contribution in [3.05, 3.63) is 45.5 Å². The Morgan fingerprint density at radius 3 is 2.57 bits per heavy atom. The van der Waals surface area contributed by atoms with Crippen LogP contribution in [-0.4, -0.2) is 10.5 Å². The molecule has 2 aromatic rings. The third-order valence-electron chi connectivity index (χ3n) is 3.19. The molecule has 21 heavy (non-hydrogen) atoms. The summed E-state index contributed by atoms with van der Waals surface area (Å²) in [6.07, 6.45) is 1.64. The summed E-state index contributed by atoms with van der Waals surface area (Å²) in [5.41, 5.74) is 2.99. The zero-order valence-electron chi connectivity index (χ0n) is 13.0. The first-order chi connectivity index (χ1) is 9.87. The van der Waals surface area contributed by atoms with E-state index in [0.717, 1.165) is 0 Å². The number of anilines is 1. The number of aromatic nitrogens is 1. The molecule has 114 valence electrons. The number of thiophene rings is 1. The van der Waals surface area contributed by atoms with Gasteiger partial charge in [-0.25, -0.2) is 9.37 Å². The van der Waals surface area contributed by atoms with E-state index in [9.17, 15) is 4.39 Å². The standard InChI is InChI=1S/C16H22FN3S/c1-11-9-21-10-13(11)7-19-15-14(17)12(5-6-18-15)8-20-16(2,3)4/h5-6,9-10,20H,7-8H2,1-4H3,(H,18,19). The Bertz CT molecular complexity index is 602. The molecule has 0 aliphatic heterocycles. The summed E-state index contributed by atoms with van der Waals surface area (Å²) in [7, 11) is 0. The monoisotopic (exact) mass is 307 g/mol. The van der Waals surface area contributed by atoms with Crippen LogP contribution in [0.2, 0.25) is 0 Å². The Hall–Kier alpha value is -1.46. The van der Waals surface area contributed by atoms with Crippen molar-refractivity contribution in [2.24, 2.45) is 0 Å². The molecule has 0 bridgehead atoms. The highest BCUT2D eigenvalue weighted by molar-refractivity contribution is 7.08. The van der Waals surface area contributed by atoms with E-state index in [4.69, 9.17) is 0 Å². The molecule has 2 N–H and O–H groups in total. The molecule has 0 saturated heterocycles. The van der Waals surface area contributed by atoms with Crippen LogP contribution in [0.4, 0.5) is 10.2 Å². The van der Waals surface area contributed by atoms with Gasteiger partial charge in [0.15, 0.2) is 11.6 Å². The number of nitrogens with zero attached hydrogens (tertiary/aromatic N) is 1. The van der Waals surface area contributed by atoms with E-state index in [1.165, 1.54) is 11.1 Å². The SMILES string of the molecule is Cc1cscc1CNc1nccc(CNC(C)(C)C)c1F. The van der Waals surface area contributed by atoms with Gasteiger partial charge in [0, 0.05) is 30.4 Å². The quantitative estimate of drug-likeness (QED) is 0.873. The average Bonchev–Trinajstić information content (AvgIpc) is 2.81. The summed E-state index contributed by atoms with van der Waals surface area (Å²) in [6, 6.07) is 1.72. The number of rotatable bonds is 5. The number of nitrogens with one attached hydrogen (secondary N) is 2. The molecule has 0 amide bonds. The highest BCUT2D eigenvalue weighted by atomic mass is 32.1. The first kappa shape index (κ1) is 15.9.